The predicted octanol–water partition coefficient (Wildman–Crippen LogP) is 1.78. The van der Waals surface area contributed by atoms with E-state index in [-0.39, 0.29) is 28.5 Å². The zero-order chi connectivity index (χ0) is 21.4. The number of benzene rings is 1. The number of likely N-dealkylation sites (tertiary alicyclic amines) is 1. The topological polar surface area (TPSA) is 73.0 Å². The molecule has 8 heteroatoms. The van der Waals surface area contributed by atoms with E-state index in [4.69, 9.17) is 0 Å². The van der Waals surface area contributed by atoms with Crippen LogP contribution < -0.4 is 5.32 Å². The Balaban J connectivity index is 1.08. The highest BCUT2D eigenvalue weighted by Gasteiger charge is 2.59. The normalized spacial score (nSPS) is 27.9. The maximum Gasteiger partial charge on any atom is 0.279 e. The number of carbonyl (C=O) groups excluding carboxylic acids is 3. The molecule has 3 heterocycles. The standard InChI is InChI=1S/C23H30N4O3S/c28-20(27-12-10-25(11-13-27)15-17-4-2-1-3-5-17)18-14-23(18)6-8-26(9-7-23)21(29)19-16-31-22(30)24-19/h1-5,18-19H,6-16H2,(H,24,30)/t18?,19-/m0/s1. The summed E-state index contributed by atoms with van der Waals surface area (Å²) in [5, 5.41) is 2.64. The number of thioether (sulfide) groups is 1. The lowest BCUT2D eigenvalue weighted by molar-refractivity contribution is -0.136. The predicted molar refractivity (Wildman–Crippen MR) is 119 cm³/mol. The van der Waals surface area contributed by atoms with E-state index in [1.807, 2.05) is 11.0 Å². The number of piperidine rings is 1. The van der Waals surface area contributed by atoms with E-state index in [2.05, 4.69) is 39.4 Å². The van der Waals surface area contributed by atoms with Crippen molar-refractivity contribution >= 4 is 28.8 Å². The lowest BCUT2D eigenvalue weighted by Crippen LogP contribution is -2.50. The summed E-state index contributed by atoms with van der Waals surface area (Å²) in [6.07, 6.45) is 2.77. The van der Waals surface area contributed by atoms with Gasteiger partial charge < -0.3 is 15.1 Å². The van der Waals surface area contributed by atoms with Gasteiger partial charge in [-0.15, -0.1) is 0 Å². The van der Waals surface area contributed by atoms with Crippen molar-refractivity contribution in [2.45, 2.75) is 31.8 Å². The first-order chi connectivity index (χ1) is 15.0. The number of amides is 3. The minimum Gasteiger partial charge on any atom is -0.341 e. The Morgan fingerprint density at radius 1 is 0.968 bits per heavy atom. The Kier molecular flexibility index (Phi) is 5.69. The summed E-state index contributed by atoms with van der Waals surface area (Å²) in [6.45, 7) is 5.81. The van der Waals surface area contributed by atoms with Gasteiger partial charge in [0.25, 0.3) is 5.24 Å². The van der Waals surface area contributed by atoms with Crippen LogP contribution in [-0.4, -0.2) is 82.8 Å². The molecule has 1 aromatic rings. The van der Waals surface area contributed by atoms with Gasteiger partial charge in [-0.2, -0.15) is 0 Å². The van der Waals surface area contributed by atoms with Gasteiger partial charge >= 0.3 is 0 Å². The molecule has 0 radical (unpaired) electrons. The van der Waals surface area contributed by atoms with Gasteiger partial charge in [0.1, 0.15) is 6.04 Å². The number of nitrogens with zero attached hydrogens (tertiary/aromatic N) is 3. The molecule has 0 bridgehead atoms. The average molecular weight is 443 g/mol. The number of rotatable bonds is 4. The molecule has 3 amide bonds. The third-order valence-corrected chi connectivity index (χ3v) is 8.34. The van der Waals surface area contributed by atoms with Crippen molar-refractivity contribution < 1.29 is 14.4 Å². The van der Waals surface area contributed by atoms with Gasteiger partial charge in [-0.05, 0) is 30.2 Å². The molecule has 0 aromatic heterocycles. The maximum absolute atomic E-state index is 13.1. The van der Waals surface area contributed by atoms with E-state index < -0.39 is 0 Å². The molecule has 1 saturated carbocycles. The smallest absolute Gasteiger partial charge is 0.279 e. The molecule has 1 N–H and O–H groups in total. The quantitative estimate of drug-likeness (QED) is 0.770. The van der Waals surface area contributed by atoms with Crippen LogP contribution in [0.4, 0.5) is 4.79 Å². The first-order valence-electron chi connectivity index (χ1n) is 11.3. The molecule has 166 valence electrons. The largest absolute Gasteiger partial charge is 0.341 e. The molecule has 2 atom stereocenters. The molecule has 5 rings (SSSR count). The second-order valence-electron chi connectivity index (χ2n) is 9.33. The summed E-state index contributed by atoms with van der Waals surface area (Å²) >= 11 is 1.18. The van der Waals surface area contributed by atoms with Crippen molar-refractivity contribution in [3.05, 3.63) is 35.9 Å². The molecule has 1 unspecified atom stereocenters. The number of hydrogen-bond donors (Lipinski definition) is 1. The summed E-state index contributed by atoms with van der Waals surface area (Å²) in [5.74, 6) is 1.01. The van der Waals surface area contributed by atoms with Crippen molar-refractivity contribution in [2.24, 2.45) is 11.3 Å². The molecular weight excluding hydrogens is 412 g/mol. The van der Waals surface area contributed by atoms with E-state index in [0.29, 0.717) is 24.7 Å². The lowest BCUT2D eigenvalue weighted by atomic mass is 9.90. The summed E-state index contributed by atoms with van der Waals surface area (Å²) < 4.78 is 0. The van der Waals surface area contributed by atoms with Crippen molar-refractivity contribution in [1.29, 1.82) is 0 Å². The Hall–Kier alpha value is -2.06. The Labute approximate surface area is 187 Å². The van der Waals surface area contributed by atoms with Crippen molar-refractivity contribution in [1.82, 2.24) is 20.0 Å². The van der Waals surface area contributed by atoms with Gasteiger partial charge in [-0.3, -0.25) is 19.3 Å². The zero-order valence-electron chi connectivity index (χ0n) is 17.8. The van der Waals surface area contributed by atoms with Crippen LogP contribution in [-0.2, 0) is 16.1 Å². The van der Waals surface area contributed by atoms with E-state index >= 15 is 0 Å². The van der Waals surface area contributed by atoms with Crippen molar-refractivity contribution in [3.63, 3.8) is 0 Å². The molecule has 7 nitrogen and oxygen atoms in total. The third kappa shape index (κ3) is 4.32. The highest BCUT2D eigenvalue weighted by molar-refractivity contribution is 8.14. The van der Waals surface area contributed by atoms with E-state index in [1.165, 1.54) is 17.3 Å². The van der Waals surface area contributed by atoms with Crippen molar-refractivity contribution in [3.8, 4) is 0 Å². The van der Waals surface area contributed by atoms with Gasteiger partial charge in [0.05, 0.1) is 0 Å². The summed E-state index contributed by atoms with van der Waals surface area (Å²) in [7, 11) is 0. The molecule has 1 aliphatic carbocycles. The Bertz CT molecular complexity index is 848. The van der Waals surface area contributed by atoms with Crippen LogP contribution in [0.25, 0.3) is 0 Å². The van der Waals surface area contributed by atoms with E-state index in [0.717, 1.165) is 52.0 Å². The Morgan fingerprint density at radius 3 is 2.29 bits per heavy atom. The Morgan fingerprint density at radius 2 is 1.65 bits per heavy atom. The third-order valence-electron chi connectivity index (χ3n) is 7.46. The van der Waals surface area contributed by atoms with Gasteiger partial charge in [-0.25, -0.2) is 0 Å². The lowest BCUT2D eigenvalue weighted by Gasteiger charge is -2.37. The van der Waals surface area contributed by atoms with E-state index in [9.17, 15) is 14.4 Å². The summed E-state index contributed by atoms with van der Waals surface area (Å²) in [6, 6.07) is 10.1. The van der Waals surface area contributed by atoms with Crippen LogP contribution in [0.2, 0.25) is 0 Å². The highest BCUT2D eigenvalue weighted by Crippen LogP contribution is 2.60. The molecular formula is C23H30N4O3S. The summed E-state index contributed by atoms with van der Waals surface area (Å²) in [4.78, 5) is 43.5. The molecule has 1 spiro atoms. The molecule has 4 fully saturated rings. The fraction of sp³-hybridized carbons (Fsp3) is 0.609. The number of hydrogen-bond acceptors (Lipinski definition) is 5. The summed E-state index contributed by atoms with van der Waals surface area (Å²) in [5.41, 5.74) is 1.42. The van der Waals surface area contributed by atoms with Crippen LogP contribution in [0.15, 0.2) is 30.3 Å². The van der Waals surface area contributed by atoms with Crippen LogP contribution in [0.1, 0.15) is 24.8 Å². The van der Waals surface area contributed by atoms with Crippen LogP contribution in [0.5, 0.6) is 0 Å². The van der Waals surface area contributed by atoms with Crippen molar-refractivity contribution in [2.75, 3.05) is 45.0 Å². The minimum absolute atomic E-state index is 0.0336. The fourth-order valence-corrected chi connectivity index (χ4v) is 6.12. The van der Waals surface area contributed by atoms with Crippen LogP contribution >= 0.6 is 11.8 Å². The second-order valence-corrected chi connectivity index (χ2v) is 10.3. The first kappa shape index (κ1) is 20.8. The highest BCUT2D eigenvalue weighted by atomic mass is 32.2. The zero-order valence-corrected chi connectivity index (χ0v) is 18.6. The van der Waals surface area contributed by atoms with Crippen LogP contribution in [0.3, 0.4) is 0 Å². The number of piperazine rings is 1. The molecule has 3 aliphatic heterocycles. The second kappa shape index (κ2) is 8.47. The van der Waals surface area contributed by atoms with Gasteiger partial charge in [-0.1, -0.05) is 42.1 Å². The molecule has 31 heavy (non-hydrogen) atoms. The minimum atomic E-state index is -0.379. The van der Waals surface area contributed by atoms with Gasteiger partial charge in [0.15, 0.2) is 0 Å². The molecule has 3 saturated heterocycles. The van der Waals surface area contributed by atoms with Gasteiger partial charge in [0, 0.05) is 57.5 Å². The monoisotopic (exact) mass is 442 g/mol. The molecule has 4 aliphatic rings. The maximum atomic E-state index is 13.1. The number of nitrogens with one attached hydrogen (secondary N) is 1. The van der Waals surface area contributed by atoms with Crippen LogP contribution in [0, 0.1) is 11.3 Å². The first-order valence-corrected chi connectivity index (χ1v) is 12.3. The fourth-order valence-electron chi connectivity index (χ4n) is 5.35. The SMILES string of the molecule is O=C1N[C@H](C(=O)N2CCC3(CC2)CC3C(=O)N2CCN(Cc3ccccc3)CC2)CS1. The van der Waals surface area contributed by atoms with Gasteiger partial charge in [0.2, 0.25) is 11.8 Å². The molecule has 1 aromatic carbocycles. The average Bonchev–Trinajstić information content (AvgIpc) is 3.31. The van der Waals surface area contributed by atoms with E-state index in [1.54, 1.807) is 0 Å². The number of carbonyl (C=O) groups is 3.